The van der Waals surface area contributed by atoms with Crippen LogP contribution in [0, 0.1) is 0 Å². The van der Waals surface area contributed by atoms with Crippen LogP contribution in [0.2, 0.25) is 0 Å². The molecule has 1 saturated heterocycles. The first-order valence-corrected chi connectivity index (χ1v) is 6.63. The van der Waals surface area contributed by atoms with Crippen LogP contribution in [0.3, 0.4) is 0 Å². The number of furan rings is 1. The van der Waals surface area contributed by atoms with Gasteiger partial charge in [-0.15, -0.1) is 0 Å². The molecule has 3 rings (SSSR count). The highest BCUT2D eigenvalue weighted by atomic mass is 16.3. The predicted molar refractivity (Wildman–Crippen MR) is 78.6 cm³/mol. The molecule has 1 aliphatic rings. The number of hydrogen-bond donors (Lipinski definition) is 4. The molecule has 7 nitrogen and oxygen atoms in total. The molecule has 0 aliphatic carbocycles. The van der Waals surface area contributed by atoms with Crippen molar-refractivity contribution in [1.29, 1.82) is 0 Å². The molecule has 2 heterocycles. The fraction of sp³-hybridized carbons (Fsp3) is 0.286. The highest BCUT2D eigenvalue weighted by Crippen LogP contribution is 2.17. The molecule has 1 aromatic carbocycles. The van der Waals surface area contributed by atoms with Crippen LogP contribution in [0.25, 0.3) is 11.0 Å². The van der Waals surface area contributed by atoms with Crippen molar-refractivity contribution >= 4 is 23.3 Å². The highest BCUT2D eigenvalue weighted by Gasteiger charge is 2.08. The van der Waals surface area contributed by atoms with Crippen molar-refractivity contribution in [2.45, 2.75) is 6.17 Å². The summed E-state index contributed by atoms with van der Waals surface area (Å²) in [7, 11) is 0. The molecule has 5 N–H and O–H groups in total. The van der Waals surface area contributed by atoms with Gasteiger partial charge in [-0.1, -0.05) is 18.2 Å². The average Bonchev–Trinajstić information content (AvgIpc) is 2.94. The number of fused-ring (bicyclic) bond motifs is 1. The zero-order valence-corrected chi connectivity index (χ0v) is 11.5. The van der Waals surface area contributed by atoms with E-state index in [-0.39, 0.29) is 11.9 Å². The predicted octanol–water partition coefficient (Wildman–Crippen LogP) is -0.217. The van der Waals surface area contributed by atoms with Crippen molar-refractivity contribution in [2.75, 3.05) is 19.6 Å². The van der Waals surface area contributed by atoms with Gasteiger partial charge in [0.2, 0.25) is 6.41 Å². The molecule has 21 heavy (non-hydrogen) atoms. The Hall–Kier alpha value is -2.38. The van der Waals surface area contributed by atoms with E-state index in [1.165, 1.54) is 0 Å². The molecule has 0 spiro atoms. The quantitative estimate of drug-likeness (QED) is 0.584. The van der Waals surface area contributed by atoms with Crippen molar-refractivity contribution in [3.8, 4) is 0 Å². The maximum absolute atomic E-state index is 10.7. The van der Waals surface area contributed by atoms with Crippen LogP contribution in [0.4, 0.5) is 0 Å². The minimum absolute atomic E-state index is 0.122. The largest absolute Gasteiger partial charge is 0.451 e. The third-order valence-electron chi connectivity index (χ3n) is 2.98. The van der Waals surface area contributed by atoms with Crippen molar-refractivity contribution in [2.24, 2.45) is 5.73 Å². The van der Waals surface area contributed by atoms with Gasteiger partial charge >= 0.3 is 0 Å². The molecule has 112 valence electrons. The van der Waals surface area contributed by atoms with E-state index in [1.807, 2.05) is 18.2 Å². The molecule has 2 amide bonds. The first-order valence-electron chi connectivity index (χ1n) is 6.63. The van der Waals surface area contributed by atoms with E-state index in [0.29, 0.717) is 12.0 Å². The minimum atomic E-state index is -0.536. The maximum atomic E-state index is 10.7. The lowest BCUT2D eigenvalue weighted by Gasteiger charge is -2.23. The minimum Gasteiger partial charge on any atom is -0.451 e. The van der Waals surface area contributed by atoms with E-state index < -0.39 is 5.91 Å². The topological polar surface area (TPSA) is 109 Å². The van der Waals surface area contributed by atoms with E-state index in [1.54, 1.807) is 12.1 Å². The molecule has 2 aromatic rings. The summed E-state index contributed by atoms with van der Waals surface area (Å²) in [4.78, 5) is 20.6. The van der Waals surface area contributed by atoms with Gasteiger partial charge in [0.05, 0.1) is 6.17 Å². The van der Waals surface area contributed by atoms with Crippen LogP contribution in [0.15, 0.2) is 34.7 Å². The SMILES string of the molecule is NC(=O)c1cc2ccccc2o1.O=CNC1CNCCN1. The van der Waals surface area contributed by atoms with E-state index >= 15 is 0 Å². The van der Waals surface area contributed by atoms with E-state index in [2.05, 4.69) is 16.0 Å². The second-order valence-electron chi connectivity index (χ2n) is 4.51. The molecule has 1 unspecified atom stereocenters. The lowest BCUT2D eigenvalue weighted by atomic mass is 10.2. The average molecular weight is 290 g/mol. The summed E-state index contributed by atoms with van der Waals surface area (Å²) < 4.78 is 5.15. The number of rotatable bonds is 3. The number of carbonyl (C=O) groups excluding carboxylic acids is 2. The summed E-state index contributed by atoms with van der Waals surface area (Å²) in [6.07, 6.45) is 0.834. The molecule has 0 saturated carbocycles. The highest BCUT2D eigenvalue weighted by molar-refractivity contribution is 5.94. The van der Waals surface area contributed by atoms with E-state index in [0.717, 1.165) is 25.0 Å². The first kappa shape index (κ1) is 15.0. The number of nitrogens with one attached hydrogen (secondary N) is 3. The van der Waals surface area contributed by atoms with Gasteiger partial charge in [-0.05, 0) is 12.1 Å². The lowest BCUT2D eigenvalue weighted by Crippen LogP contribution is -2.55. The number of para-hydroxylation sites is 1. The maximum Gasteiger partial charge on any atom is 0.284 e. The van der Waals surface area contributed by atoms with Crippen LogP contribution in [0.5, 0.6) is 0 Å². The van der Waals surface area contributed by atoms with Crippen molar-refractivity contribution < 1.29 is 14.0 Å². The number of piperazine rings is 1. The molecular weight excluding hydrogens is 272 g/mol. The van der Waals surface area contributed by atoms with Gasteiger partial charge in [0.15, 0.2) is 5.76 Å². The fourth-order valence-electron chi connectivity index (χ4n) is 1.96. The van der Waals surface area contributed by atoms with Gasteiger partial charge in [-0.3, -0.25) is 14.9 Å². The van der Waals surface area contributed by atoms with Gasteiger partial charge < -0.3 is 20.8 Å². The van der Waals surface area contributed by atoms with Crippen LogP contribution in [-0.2, 0) is 4.79 Å². The van der Waals surface area contributed by atoms with Gasteiger partial charge in [0.1, 0.15) is 5.58 Å². The zero-order valence-electron chi connectivity index (χ0n) is 11.5. The smallest absolute Gasteiger partial charge is 0.284 e. The Morgan fingerprint density at radius 2 is 2.19 bits per heavy atom. The summed E-state index contributed by atoms with van der Waals surface area (Å²) >= 11 is 0. The molecule has 1 aliphatic heterocycles. The zero-order chi connectivity index (χ0) is 15.1. The third kappa shape index (κ3) is 4.30. The Morgan fingerprint density at radius 3 is 2.81 bits per heavy atom. The van der Waals surface area contributed by atoms with Gasteiger partial charge in [-0.25, -0.2) is 0 Å². The molecule has 7 heteroatoms. The summed E-state index contributed by atoms with van der Waals surface area (Å²) in [5.41, 5.74) is 5.73. The molecule has 1 atom stereocenters. The Morgan fingerprint density at radius 1 is 1.38 bits per heavy atom. The monoisotopic (exact) mass is 290 g/mol. The Bertz CT molecular complexity index is 572. The Kier molecular flexibility index (Phi) is 5.30. The lowest BCUT2D eigenvalue weighted by molar-refractivity contribution is -0.110. The fourth-order valence-corrected chi connectivity index (χ4v) is 1.96. The number of amides is 2. The van der Waals surface area contributed by atoms with Crippen molar-refractivity contribution in [3.05, 3.63) is 36.1 Å². The van der Waals surface area contributed by atoms with E-state index in [4.69, 9.17) is 10.2 Å². The number of carbonyl (C=O) groups is 2. The number of benzene rings is 1. The molecule has 1 fully saturated rings. The second kappa shape index (κ2) is 7.41. The number of nitrogens with two attached hydrogens (primary N) is 1. The number of hydrogen-bond acceptors (Lipinski definition) is 5. The van der Waals surface area contributed by atoms with Gasteiger partial charge in [0, 0.05) is 25.0 Å². The number of primary amides is 1. The summed E-state index contributed by atoms with van der Waals surface area (Å²) in [6.45, 7) is 2.72. The van der Waals surface area contributed by atoms with Gasteiger partial charge in [0.25, 0.3) is 5.91 Å². The standard InChI is InChI=1S/C9H7NO2.C5H11N3O/c10-9(11)8-5-6-3-1-2-4-7(6)12-8;9-4-8-5-3-6-1-2-7-5/h1-5H,(H2,10,11);4-7H,1-3H2,(H,8,9). The van der Waals surface area contributed by atoms with E-state index in [9.17, 15) is 9.59 Å². The molecular formula is C14H18N4O3. The third-order valence-corrected chi connectivity index (χ3v) is 2.98. The van der Waals surface area contributed by atoms with Crippen LogP contribution >= 0.6 is 0 Å². The Labute approximate surface area is 121 Å². The van der Waals surface area contributed by atoms with Gasteiger partial charge in [-0.2, -0.15) is 0 Å². The van der Waals surface area contributed by atoms with Crippen LogP contribution in [0.1, 0.15) is 10.6 Å². The van der Waals surface area contributed by atoms with Crippen molar-refractivity contribution in [3.63, 3.8) is 0 Å². The second-order valence-corrected chi connectivity index (χ2v) is 4.51. The summed E-state index contributed by atoms with van der Waals surface area (Å²) in [5.74, 6) is -0.331. The van der Waals surface area contributed by atoms with Crippen LogP contribution in [-0.4, -0.2) is 38.1 Å². The normalized spacial score (nSPS) is 17.6. The molecule has 0 radical (unpaired) electrons. The summed E-state index contributed by atoms with van der Waals surface area (Å²) in [6, 6.07) is 9.02. The molecule has 0 bridgehead atoms. The first-order chi connectivity index (χ1) is 10.2. The summed E-state index contributed by atoms with van der Waals surface area (Å²) in [5, 5.41) is 9.78. The molecule has 1 aromatic heterocycles. The Balaban J connectivity index is 0.000000161. The van der Waals surface area contributed by atoms with Crippen molar-refractivity contribution in [1.82, 2.24) is 16.0 Å². The van der Waals surface area contributed by atoms with Crippen LogP contribution < -0.4 is 21.7 Å².